The fourth-order valence-electron chi connectivity index (χ4n) is 2.61. The van der Waals surface area contributed by atoms with Crippen molar-refractivity contribution >= 4 is 28.7 Å². The summed E-state index contributed by atoms with van der Waals surface area (Å²) < 4.78 is 14.9. The fraction of sp³-hybridized carbons (Fsp3) is 0.200. The molecule has 0 saturated carbocycles. The Labute approximate surface area is 130 Å². The van der Waals surface area contributed by atoms with E-state index in [0.29, 0.717) is 34.8 Å². The molecular weight excluding hydrogens is 299 g/mol. The van der Waals surface area contributed by atoms with Crippen molar-refractivity contribution in [3.8, 4) is 0 Å². The summed E-state index contributed by atoms with van der Waals surface area (Å²) in [6, 6.07) is 4.36. The van der Waals surface area contributed by atoms with Gasteiger partial charge in [0.15, 0.2) is 5.65 Å². The van der Waals surface area contributed by atoms with Gasteiger partial charge in [-0.3, -0.25) is 4.98 Å². The number of nitrogens with zero attached hydrogens (tertiary/aromatic N) is 4. The number of anilines is 2. The van der Waals surface area contributed by atoms with Gasteiger partial charge in [-0.2, -0.15) is 0 Å². The Morgan fingerprint density at radius 2 is 2.22 bits per heavy atom. The van der Waals surface area contributed by atoms with Crippen molar-refractivity contribution in [1.29, 1.82) is 0 Å². The topological polar surface area (TPSA) is 84.7 Å². The summed E-state index contributed by atoms with van der Waals surface area (Å²) in [5, 5.41) is 5.95. The standard InChI is InChI=1S/C15H13FN6O/c1-8-4-11-12(5-9(16)6-17-11)20-13-3-2-10-14(21-13)22(7-18-10)15(23)19-8/h2-3,5-8H,4H2,1H3,(H,19,23)(H,20,21). The van der Waals surface area contributed by atoms with Crippen LogP contribution < -0.4 is 10.6 Å². The zero-order valence-corrected chi connectivity index (χ0v) is 12.2. The molecule has 4 rings (SSSR count). The minimum atomic E-state index is -0.436. The lowest BCUT2D eigenvalue weighted by Crippen LogP contribution is -2.37. The quantitative estimate of drug-likeness (QED) is 0.665. The Morgan fingerprint density at radius 1 is 1.35 bits per heavy atom. The van der Waals surface area contributed by atoms with Gasteiger partial charge in [-0.25, -0.2) is 23.7 Å². The molecule has 1 amide bonds. The van der Waals surface area contributed by atoms with Crippen molar-refractivity contribution < 1.29 is 9.18 Å². The van der Waals surface area contributed by atoms with Gasteiger partial charge < -0.3 is 10.6 Å². The first-order valence-electron chi connectivity index (χ1n) is 7.16. The van der Waals surface area contributed by atoms with Crippen LogP contribution in [0.15, 0.2) is 30.7 Å². The van der Waals surface area contributed by atoms with Crippen LogP contribution in [0.3, 0.4) is 0 Å². The molecule has 7 nitrogen and oxygen atoms in total. The molecule has 0 saturated heterocycles. The van der Waals surface area contributed by atoms with Gasteiger partial charge in [0.25, 0.3) is 0 Å². The Bertz CT molecular complexity index is 921. The van der Waals surface area contributed by atoms with Crippen LogP contribution in [-0.4, -0.2) is 31.6 Å². The maximum Gasteiger partial charge on any atom is 0.328 e. The molecule has 4 heterocycles. The molecule has 2 bridgehead atoms. The number of fused-ring (bicyclic) bond motifs is 2. The summed E-state index contributed by atoms with van der Waals surface area (Å²) in [7, 11) is 0. The van der Waals surface area contributed by atoms with Gasteiger partial charge in [-0.05, 0) is 19.1 Å². The number of rotatable bonds is 0. The third-order valence-electron chi connectivity index (χ3n) is 3.68. The second-order valence-corrected chi connectivity index (χ2v) is 5.48. The SMILES string of the molecule is CC1Cc2ncc(F)cc2Nc2ccc3ncn(c3n2)C(=O)N1. The zero-order valence-electron chi connectivity index (χ0n) is 12.2. The lowest BCUT2D eigenvalue weighted by molar-refractivity contribution is 0.240. The molecule has 1 aliphatic rings. The second kappa shape index (κ2) is 5.01. The van der Waals surface area contributed by atoms with Crippen LogP contribution in [0.5, 0.6) is 0 Å². The van der Waals surface area contributed by atoms with Crippen LogP contribution in [0, 0.1) is 5.82 Å². The summed E-state index contributed by atoms with van der Waals surface area (Å²) in [6.45, 7) is 1.86. The number of carbonyl (C=O) groups is 1. The molecule has 0 spiro atoms. The van der Waals surface area contributed by atoms with Crippen LogP contribution in [0.1, 0.15) is 12.6 Å². The highest BCUT2D eigenvalue weighted by Gasteiger charge is 2.18. The lowest BCUT2D eigenvalue weighted by atomic mass is 10.1. The number of aromatic nitrogens is 4. The zero-order chi connectivity index (χ0) is 16.0. The van der Waals surface area contributed by atoms with E-state index in [4.69, 9.17) is 0 Å². The minimum absolute atomic E-state index is 0.185. The summed E-state index contributed by atoms with van der Waals surface area (Å²) in [5.74, 6) is 0.0594. The third-order valence-corrected chi connectivity index (χ3v) is 3.68. The smallest absolute Gasteiger partial charge is 0.328 e. The molecule has 1 atom stereocenters. The van der Waals surface area contributed by atoms with Crippen LogP contribution in [0.2, 0.25) is 0 Å². The van der Waals surface area contributed by atoms with E-state index in [1.54, 1.807) is 12.1 Å². The van der Waals surface area contributed by atoms with Gasteiger partial charge in [0.1, 0.15) is 23.5 Å². The summed E-state index contributed by atoms with van der Waals surface area (Å²) in [6.07, 6.45) is 3.06. The predicted molar refractivity (Wildman–Crippen MR) is 82.1 cm³/mol. The van der Waals surface area contributed by atoms with Gasteiger partial charge in [0.05, 0.1) is 17.6 Å². The van der Waals surface area contributed by atoms with Crippen LogP contribution >= 0.6 is 0 Å². The fourth-order valence-corrected chi connectivity index (χ4v) is 2.61. The molecular formula is C15H13FN6O. The Morgan fingerprint density at radius 3 is 3.09 bits per heavy atom. The predicted octanol–water partition coefficient (Wildman–Crippen LogP) is 2.21. The Kier molecular flexibility index (Phi) is 2.97. The van der Waals surface area contributed by atoms with E-state index in [2.05, 4.69) is 25.6 Å². The highest BCUT2D eigenvalue weighted by atomic mass is 19.1. The first kappa shape index (κ1) is 13.6. The largest absolute Gasteiger partial charge is 0.339 e. The molecule has 0 aromatic carbocycles. The number of nitrogens with one attached hydrogen (secondary N) is 2. The van der Waals surface area contributed by atoms with Crippen molar-refractivity contribution in [3.05, 3.63) is 42.2 Å². The number of hydrogen-bond acceptors (Lipinski definition) is 5. The van der Waals surface area contributed by atoms with E-state index in [1.807, 2.05) is 6.92 Å². The van der Waals surface area contributed by atoms with Gasteiger partial charge in [0.2, 0.25) is 0 Å². The molecule has 3 aromatic rings. The Hall–Kier alpha value is -3.03. The molecule has 0 fully saturated rings. The van der Waals surface area contributed by atoms with Gasteiger partial charge in [-0.1, -0.05) is 0 Å². The first-order valence-corrected chi connectivity index (χ1v) is 7.16. The van der Waals surface area contributed by atoms with Crippen molar-refractivity contribution in [1.82, 2.24) is 24.8 Å². The first-order chi connectivity index (χ1) is 11.1. The third kappa shape index (κ3) is 2.37. The van der Waals surface area contributed by atoms with E-state index in [-0.39, 0.29) is 12.1 Å². The van der Waals surface area contributed by atoms with E-state index in [9.17, 15) is 9.18 Å². The van der Waals surface area contributed by atoms with Crippen molar-refractivity contribution in [3.63, 3.8) is 0 Å². The number of pyridine rings is 2. The monoisotopic (exact) mass is 312 g/mol. The lowest BCUT2D eigenvalue weighted by Gasteiger charge is -2.15. The average Bonchev–Trinajstić information content (AvgIpc) is 2.92. The number of halogens is 1. The minimum Gasteiger partial charge on any atom is -0.339 e. The molecule has 0 aliphatic carbocycles. The maximum atomic E-state index is 13.5. The van der Waals surface area contributed by atoms with E-state index in [0.717, 1.165) is 0 Å². The van der Waals surface area contributed by atoms with Gasteiger partial charge in [0, 0.05) is 18.5 Å². The van der Waals surface area contributed by atoms with Crippen molar-refractivity contribution in [2.75, 3.05) is 5.32 Å². The summed E-state index contributed by atoms with van der Waals surface area (Å²) in [5.41, 5.74) is 2.24. The van der Waals surface area contributed by atoms with Gasteiger partial charge in [-0.15, -0.1) is 0 Å². The van der Waals surface area contributed by atoms with E-state index in [1.165, 1.54) is 23.2 Å². The molecule has 1 unspecified atom stereocenters. The highest BCUT2D eigenvalue weighted by molar-refractivity contribution is 5.88. The number of amides is 1. The molecule has 0 radical (unpaired) electrons. The molecule has 1 aliphatic heterocycles. The molecule has 8 heteroatoms. The van der Waals surface area contributed by atoms with Crippen LogP contribution in [-0.2, 0) is 6.42 Å². The van der Waals surface area contributed by atoms with Crippen LogP contribution in [0.25, 0.3) is 11.2 Å². The van der Waals surface area contributed by atoms with Crippen LogP contribution in [0.4, 0.5) is 20.7 Å². The average molecular weight is 312 g/mol. The number of hydrogen-bond donors (Lipinski definition) is 2. The molecule has 23 heavy (non-hydrogen) atoms. The van der Waals surface area contributed by atoms with Gasteiger partial charge >= 0.3 is 6.03 Å². The molecule has 116 valence electrons. The maximum absolute atomic E-state index is 13.5. The molecule has 2 N–H and O–H groups in total. The second-order valence-electron chi connectivity index (χ2n) is 5.48. The van der Waals surface area contributed by atoms with E-state index >= 15 is 0 Å². The van der Waals surface area contributed by atoms with Crippen molar-refractivity contribution in [2.45, 2.75) is 19.4 Å². The number of imidazole rings is 1. The van der Waals surface area contributed by atoms with Crippen molar-refractivity contribution in [2.24, 2.45) is 0 Å². The number of carbonyl (C=O) groups excluding carboxylic acids is 1. The molecule has 3 aromatic heterocycles. The summed E-state index contributed by atoms with van der Waals surface area (Å²) in [4.78, 5) is 25.1. The van der Waals surface area contributed by atoms with E-state index < -0.39 is 5.82 Å². The Balaban J connectivity index is 1.91. The highest BCUT2D eigenvalue weighted by Crippen LogP contribution is 2.23. The normalized spacial score (nSPS) is 17.3. The summed E-state index contributed by atoms with van der Waals surface area (Å²) >= 11 is 0.